The molecule has 3 nitrogen and oxygen atoms in total. The Morgan fingerprint density at radius 1 is 1.33 bits per heavy atom. The van der Waals surface area contributed by atoms with E-state index in [1.165, 1.54) is 6.07 Å². The van der Waals surface area contributed by atoms with Crippen molar-refractivity contribution in [3.8, 4) is 6.07 Å². The van der Waals surface area contributed by atoms with Crippen LogP contribution in [0.2, 0.25) is 0 Å². The molecule has 18 heavy (non-hydrogen) atoms. The molecule has 2 aromatic rings. The van der Waals surface area contributed by atoms with Crippen molar-refractivity contribution < 1.29 is 8.78 Å². The van der Waals surface area contributed by atoms with Crippen molar-refractivity contribution in [1.29, 1.82) is 5.26 Å². The average Bonchev–Trinajstić information content (AvgIpc) is 2.99. The molecule has 1 saturated carbocycles. The Morgan fingerprint density at radius 2 is 2.06 bits per heavy atom. The average molecular weight is 247 g/mol. The number of nitriles is 1. The molecule has 0 bridgehead atoms. The van der Waals surface area contributed by atoms with Crippen molar-refractivity contribution in [2.45, 2.75) is 25.8 Å². The van der Waals surface area contributed by atoms with Crippen LogP contribution in [0.1, 0.15) is 19.3 Å². The molecule has 0 atom stereocenters. The molecule has 0 unspecified atom stereocenters. The highest BCUT2D eigenvalue weighted by Gasteiger charge is 2.42. The fourth-order valence-electron chi connectivity index (χ4n) is 2.28. The molecule has 0 aliphatic heterocycles. The van der Waals surface area contributed by atoms with Crippen molar-refractivity contribution in [2.75, 3.05) is 0 Å². The zero-order chi connectivity index (χ0) is 12.8. The van der Waals surface area contributed by atoms with E-state index in [0.717, 1.165) is 18.9 Å². The van der Waals surface area contributed by atoms with Gasteiger partial charge < -0.3 is 4.57 Å². The molecule has 5 heteroatoms. The van der Waals surface area contributed by atoms with Gasteiger partial charge in [-0.15, -0.1) is 0 Å². The lowest BCUT2D eigenvalue weighted by Crippen LogP contribution is -2.10. The van der Waals surface area contributed by atoms with Crippen LogP contribution in [0.3, 0.4) is 0 Å². The van der Waals surface area contributed by atoms with Crippen molar-refractivity contribution >= 4 is 11.0 Å². The molecule has 1 aliphatic rings. The summed E-state index contributed by atoms with van der Waals surface area (Å²) in [6.07, 6.45) is 4.09. The number of imidazole rings is 1. The fourth-order valence-corrected chi connectivity index (χ4v) is 2.28. The molecule has 0 saturated heterocycles. The van der Waals surface area contributed by atoms with Crippen LogP contribution in [-0.4, -0.2) is 9.55 Å². The Labute approximate surface area is 103 Å². The predicted octanol–water partition coefficient (Wildman–Crippen LogP) is 3.01. The van der Waals surface area contributed by atoms with E-state index in [9.17, 15) is 8.78 Å². The Morgan fingerprint density at radius 3 is 2.72 bits per heavy atom. The molecular formula is C13H11F2N3. The SMILES string of the molecule is N#CCC1(Cn2cnc3cc(F)c(F)cc32)CC1. The van der Waals surface area contributed by atoms with Crippen LogP contribution >= 0.6 is 0 Å². The molecule has 0 radical (unpaired) electrons. The third kappa shape index (κ3) is 1.74. The van der Waals surface area contributed by atoms with Crippen LogP contribution < -0.4 is 0 Å². The summed E-state index contributed by atoms with van der Waals surface area (Å²) in [5.74, 6) is -1.75. The van der Waals surface area contributed by atoms with E-state index in [-0.39, 0.29) is 5.41 Å². The summed E-state index contributed by atoms with van der Waals surface area (Å²) in [6.45, 7) is 0.641. The first-order chi connectivity index (χ1) is 8.63. The Balaban J connectivity index is 1.98. The van der Waals surface area contributed by atoms with Gasteiger partial charge in [0.2, 0.25) is 0 Å². The van der Waals surface area contributed by atoms with Crippen LogP contribution in [0.15, 0.2) is 18.5 Å². The summed E-state index contributed by atoms with van der Waals surface area (Å²) >= 11 is 0. The number of benzene rings is 1. The van der Waals surface area contributed by atoms with Crippen LogP contribution in [0, 0.1) is 28.4 Å². The Bertz CT molecular complexity index is 650. The quantitative estimate of drug-likeness (QED) is 0.836. The molecule has 1 aromatic heterocycles. The highest BCUT2D eigenvalue weighted by Crippen LogP contribution is 2.50. The normalized spacial score (nSPS) is 16.7. The van der Waals surface area contributed by atoms with Gasteiger partial charge in [0.1, 0.15) is 0 Å². The maximum atomic E-state index is 13.2. The maximum absolute atomic E-state index is 13.2. The van der Waals surface area contributed by atoms with E-state index in [2.05, 4.69) is 11.1 Å². The third-order valence-electron chi connectivity index (χ3n) is 3.58. The lowest BCUT2D eigenvalue weighted by molar-refractivity contribution is 0.437. The summed E-state index contributed by atoms with van der Waals surface area (Å²) in [5.41, 5.74) is 1.03. The number of hydrogen-bond donors (Lipinski definition) is 0. The molecule has 3 rings (SSSR count). The summed E-state index contributed by atoms with van der Waals surface area (Å²) in [7, 11) is 0. The van der Waals surface area contributed by atoms with Crippen LogP contribution in [0.5, 0.6) is 0 Å². The molecule has 1 aromatic carbocycles. The van der Waals surface area contributed by atoms with Gasteiger partial charge >= 0.3 is 0 Å². The fraction of sp³-hybridized carbons (Fsp3) is 0.385. The summed E-state index contributed by atoms with van der Waals surface area (Å²) in [5, 5.41) is 8.78. The smallest absolute Gasteiger partial charge is 0.161 e. The van der Waals surface area contributed by atoms with E-state index < -0.39 is 11.6 Å². The van der Waals surface area contributed by atoms with E-state index in [1.807, 2.05) is 4.57 Å². The minimum atomic E-state index is -0.883. The molecule has 0 amide bonds. The predicted molar refractivity (Wildman–Crippen MR) is 61.5 cm³/mol. The number of hydrogen-bond acceptors (Lipinski definition) is 2. The van der Waals surface area contributed by atoms with Gasteiger partial charge in [-0.1, -0.05) is 0 Å². The Kier molecular flexibility index (Phi) is 2.34. The van der Waals surface area contributed by atoms with Gasteiger partial charge in [0.25, 0.3) is 0 Å². The third-order valence-corrected chi connectivity index (χ3v) is 3.58. The molecule has 1 heterocycles. The molecule has 1 aliphatic carbocycles. The maximum Gasteiger partial charge on any atom is 0.161 e. The van der Waals surface area contributed by atoms with Gasteiger partial charge in [0.15, 0.2) is 11.6 Å². The standard InChI is InChI=1S/C13H11F2N3/c14-9-5-11-12(6-10(9)15)18(8-17-11)7-13(1-2-13)3-4-16/h5-6,8H,1-3,7H2. The number of aromatic nitrogens is 2. The highest BCUT2D eigenvalue weighted by atomic mass is 19.2. The Hall–Kier alpha value is -1.96. The second kappa shape index (κ2) is 3.77. The van der Waals surface area contributed by atoms with Gasteiger partial charge in [0.05, 0.1) is 23.4 Å². The first kappa shape index (κ1) is 11.1. The van der Waals surface area contributed by atoms with Crippen LogP contribution in [-0.2, 0) is 6.54 Å². The molecule has 0 N–H and O–H groups in total. The van der Waals surface area contributed by atoms with Gasteiger partial charge in [-0.2, -0.15) is 5.26 Å². The van der Waals surface area contributed by atoms with Crippen molar-refractivity contribution in [2.24, 2.45) is 5.41 Å². The number of halogens is 2. The summed E-state index contributed by atoms with van der Waals surface area (Å²) in [4.78, 5) is 4.07. The lowest BCUT2D eigenvalue weighted by atomic mass is 10.0. The van der Waals surface area contributed by atoms with Gasteiger partial charge in [-0.25, -0.2) is 13.8 Å². The minimum absolute atomic E-state index is 0.00718. The van der Waals surface area contributed by atoms with Crippen molar-refractivity contribution in [3.05, 3.63) is 30.1 Å². The van der Waals surface area contributed by atoms with Gasteiger partial charge in [-0.05, 0) is 12.8 Å². The minimum Gasteiger partial charge on any atom is -0.330 e. The van der Waals surface area contributed by atoms with E-state index in [0.29, 0.717) is 24.0 Å². The zero-order valence-electron chi connectivity index (χ0n) is 9.66. The van der Waals surface area contributed by atoms with Gasteiger partial charge in [-0.3, -0.25) is 0 Å². The topological polar surface area (TPSA) is 41.6 Å². The van der Waals surface area contributed by atoms with Crippen LogP contribution in [0.25, 0.3) is 11.0 Å². The monoisotopic (exact) mass is 247 g/mol. The van der Waals surface area contributed by atoms with Crippen LogP contribution in [0.4, 0.5) is 8.78 Å². The largest absolute Gasteiger partial charge is 0.330 e. The molecule has 92 valence electrons. The number of rotatable bonds is 3. The van der Waals surface area contributed by atoms with Crippen molar-refractivity contribution in [1.82, 2.24) is 9.55 Å². The first-order valence-corrected chi connectivity index (χ1v) is 5.80. The summed E-state index contributed by atoms with van der Waals surface area (Å²) in [6, 6.07) is 4.45. The second-order valence-corrected chi connectivity index (χ2v) is 4.96. The van der Waals surface area contributed by atoms with Crippen molar-refractivity contribution in [3.63, 3.8) is 0 Å². The summed E-state index contributed by atoms with van der Waals surface area (Å²) < 4.78 is 28.1. The highest BCUT2D eigenvalue weighted by molar-refractivity contribution is 5.75. The van der Waals surface area contributed by atoms with E-state index in [1.54, 1.807) is 6.33 Å². The zero-order valence-corrected chi connectivity index (χ0v) is 9.66. The first-order valence-electron chi connectivity index (χ1n) is 5.80. The number of fused-ring (bicyclic) bond motifs is 1. The molecule has 0 spiro atoms. The second-order valence-electron chi connectivity index (χ2n) is 4.96. The van der Waals surface area contributed by atoms with Gasteiger partial charge in [0, 0.05) is 30.5 Å². The van der Waals surface area contributed by atoms with E-state index >= 15 is 0 Å². The molecular weight excluding hydrogens is 236 g/mol. The lowest BCUT2D eigenvalue weighted by Gasteiger charge is -2.12. The van der Waals surface area contributed by atoms with E-state index in [4.69, 9.17) is 5.26 Å². The molecule has 1 fully saturated rings. The number of nitrogens with zero attached hydrogens (tertiary/aromatic N) is 3.